The summed E-state index contributed by atoms with van der Waals surface area (Å²) in [6, 6.07) is 5.99. The van der Waals surface area contributed by atoms with Gasteiger partial charge in [0.25, 0.3) is 5.91 Å². The molecule has 3 N–H and O–H groups in total. The van der Waals surface area contributed by atoms with Crippen LogP contribution in [-0.4, -0.2) is 33.7 Å². The zero-order valence-corrected chi connectivity index (χ0v) is 12.7. The van der Waals surface area contributed by atoms with E-state index in [1.54, 1.807) is 0 Å². The first-order valence-corrected chi connectivity index (χ1v) is 7.93. The molecule has 1 saturated carbocycles. The van der Waals surface area contributed by atoms with Crippen molar-refractivity contribution in [3.05, 3.63) is 47.5 Å². The minimum atomic E-state index is -0.260. The van der Waals surface area contributed by atoms with Crippen molar-refractivity contribution in [2.75, 3.05) is 6.61 Å². The Kier molecular flexibility index (Phi) is 3.53. The summed E-state index contributed by atoms with van der Waals surface area (Å²) < 4.78 is 5.55. The maximum Gasteiger partial charge on any atom is 0.269 e. The van der Waals surface area contributed by atoms with Crippen LogP contribution in [0.2, 0.25) is 0 Å². The second-order valence-electron chi connectivity index (χ2n) is 6.27. The summed E-state index contributed by atoms with van der Waals surface area (Å²) in [6.07, 6.45) is 5.06. The molecule has 2 aliphatic rings. The van der Waals surface area contributed by atoms with E-state index in [1.807, 2.05) is 12.1 Å². The van der Waals surface area contributed by atoms with E-state index < -0.39 is 0 Å². The van der Waals surface area contributed by atoms with Crippen LogP contribution in [0, 0.1) is 5.92 Å². The topological polar surface area (TPSA) is 87.2 Å². The molecule has 0 bridgehead atoms. The third kappa shape index (κ3) is 2.70. The van der Waals surface area contributed by atoms with Gasteiger partial charge in [-0.1, -0.05) is 6.07 Å². The van der Waals surface area contributed by atoms with Crippen LogP contribution in [0.5, 0.6) is 5.75 Å². The van der Waals surface area contributed by atoms with Crippen molar-refractivity contribution in [1.82, 2.24) is 15.3 Å². The van der Waals surface area contributed by atoms with Gasteiger partial charge >= 0.3 is 0 Å². The lowest BCUT2D eigenvalue weighted by atomic mass is 9.75. The lowest BCUT2D eigenvalue weighted by Crippen LogP contribution is -2.41. The number of aromatic nitrogens is 2. The van der Waals surface area contributed by atoms with Gasteiger partial charge in [-0.2, -0.15) is 0 Å². The number of nitrogens with zero attached hydrogens (tertiary/aromatic N) is 1. The van der Waals surface area contributed by atoms with E-state index in [0.717, 1.165) is 17.7 Å². The van der Waals surface area contributed by atoms with Crippen molar-refractivity contribution in [2.24, 2.45) is 5.92 Å². The average molecular weight is 313 g/mol. The van der Waals surface area contributed by atoms with Crippen LogP contribution in [0.4, 0.5) is 0 Å². The molecule has 1 aliphatic carbocycles. The maximum atomic E-state index is 12.4. The molecule has 120 valence electrons. The third-order valence-corrected chi connectivity index (χ3v) is 4.72. The fourth-order valence-corrected chi connectivity index (χ4v) is 3.37. The number of ether oxygens (including phenoxy) is 1. The molecule has 1 amide bonds. The lowest BCUT2D eigenvalue weighted by molar-refractivity contribution is 0.0234. The molecule has 0 unspecified atom stereocenters. The third-order valence-electron chi connectivity index (χ3n) is 4.72. The molecule has 2 heterocycles. The van der Waals surface area contributed by atoms with Gasteiger partial charge in [0, 0.05) is 6.42 Å². The normalized spacial score (nSPS) is 23.5. The first kappa shape index (κ1) is 14.3. The second kappa shape index (κ2) is 5.70. The number of hydrogen-bond acceptors (Lipinski definition) is 4. The molecule has 1 aliphatic heterocycles. The van der Waals surface area contributed by atoms with E-state index in [4.69, 9.17) is 4.74 Å². The van der Waals surface area contributed by atoms with Crippen molar-refractivity contribution < 1.29 is 14.6 Å². The number of hydrogen-bond donors (Lipinski definition) is 3. The number of rotatable bonds is 4. The van der Waals surface area contributed by atoms with Crippen LogP contribution in [-0.2, 0) is 6.42 Å². The van der Waals surface area contributed by atoms with E-state index in [0.29, 0.717) is 25.1 Å². The van der Waals surface area contributed by atoms with Gasteiger partial charge in [-0.05, 0) is 42.0 Å². The van der Waals surface area contributed by atoms with Crippen molar-refractivity contribution in [3.8, 4) is 5.75 Å². The van der Waals surface area contributed by atoms with Crippen LogP contribution >= 0.6 is 0 Å². The second-order valence-corrected chi connectivity index (χ2v) is 6.27. The monoisotopic (exact) mass is 313 g/mol. The first-order chi connectivity index (χ1) is 11.2. The highest BCUT2D eigenvalue weighted by atomic mass is 16.5. The van der Waals surface area contributed by atoms with Crippen LogP contribution < -0.4 is 10.1 Å². The quantitative estimate of drug-likeness (QED) is 0.800. The van der Waals surface area contributed by atoms with Gasteiger partial charge in [-0.25, -0.2) is 4.98 Å². The maximum absolute atomic E-state index is 12.4. The largest absolute Gasteiger partial charge is 0.493 e. The Morgan fingerprint density at radius 3 is 3.04 bits per heavy atom. The van der Waals surface area contributed by atoms with Crippen LogP contribution in [0.3, 0.4) is 0 Å². The molecule has 4 rings (SSSR count). The summed E-state index contributed by atoms with van der Waals surface area (Å²) in [6.45, 7) is 0.714. The molecule has 2 aromatic rings. The molecule has 1 fully saturated rings. The minimum Gasteiger partial charge on any atom is -0.493 e. The van der Waals surface area contributed by atoms with E-state index in [-0.39, 0.29) is 24.0 Å². The van der Waals surface area contributed by atoms with E-state index in [2.05, 4.69) is 21.4 Å². The molecule has 6 nitrogen and oxygen atoms in total. The highest BCUT2D eigenvalue weighted by molar-refractivity contribution is 5.92. The van der Waals surface area contributed by atoms with Crippen molar-refractivity contribution in [3.63, 3.8) is 0 Å². The number of fused-ring (bicyclic) bond motifs is 1. The summed E-state index contributed by atoms with van der Waals surface area (Å²) in [5.41, 5.74) is 2.70. The molecule has 0 radical (unpaired) electrons. The summed E-state index contributed by atoms with van der Waals surface area (Å²) in [7, 11) is 0. The average Bonchev–Trinajstić information content (AvgIpc) is 3.19. The van der Waals surface area contributed by atoms with Gasteiger partial charge in [-0.3, -0.25) is 4.79 Å². The molecule has 1 atom stereocenters. The van der Waals surface area contributed by atoms with Crippen LogP contribution in [0.25, 0.3) is 0 Å². The highest BCUT2D eigenvalue weighted by Gasteiger charge is 2.36. The van der Waals surface area contributed by atoms with Gasteiger partial charge in [-0.15, -0.1) is 0 Å². The van der Waals surface area contributed by atoms with Gasteiger partial charge in [0.15, 0.2) is 0 Å². The molecule has 0 spiro atoms. The predicted octanol–water partition coefficient (Wildman–Crippen LogP) is 1.59. The number of benzene rings is 1. The number of nitrogens with one attached hydrogen (secondary N) is 2. The lowest BCUT2D eigenvalue weighted by Gasteiger charge is -2.38. The van der Waals surface area contributed by atoms with Gasteiger partial charge in [0.2, 0.25) is 0 Å². The number of aliphatic hydroxyl groups is 1. The number of H-pyrrole nitrogens is 1. The Balaban J connectivity index is 1.59. The minimum absolute atomic E-state index is 0.111. The van der Waals surface area contributed by atoms with Gasteiger partial charge in [0.05, 0.1) is 31.3 Å². The number of amides is 1. The van der Waals surface area contributed by atoms with E-state index >= 15 is 0 Å². The fraction of sp³-hybridized carbons (Fsp3) is 0.412. The number of carbonyl (C=O) groups is 1. The van der Waals surface area contributed by atoms with Gasteiger partial charge in [0.1, 0.15) is 11.4 Å². The first-order valence-electron chi connectivity index (χ1n) is 7.93. The zero-order chi connectivity index (χ0) is 15.8. The Hall–Kier alpha value is -2.34. The SMILES string of the molecule is O=C(N[C@@H](c1ccc2c(c1)CCO2)C1CC(O)C1)c1cnc[nH]1. The van der Waals surface area contributed by atoms with Gasteiger partial charge < -0.3 is 20.1 Å². The summed E-state index contributed by atoms with van der Waals surface area (Å²) >= 11 is 0. The molecule has 6 heteroatoms. The Bertz CT molecular complexity index is 708. The highest BCUT2D eigenvalue weighted by Crippen LogP contribution is 2.39. The van der Waals surface area contributed by atoms with Crippen LogP contribution in [0.15, 0.2) is 30.7 Å². The Morgan fingerprint density at radius 1 is 1.43 bits per heavy atom. The van der Waals surface area contributed by atoms with Crippen molar-refractivity contribution >= 4 is 5.91 Å². The summed E-state index contributed by atoms with van der Waals surface area (Å²) in [5.74, 6) is 1.00. The number of aliphatic hydroxyl groups excluding tert-OH is 1. The van der Waals surface area contributed by atoms with Crippen LogP contribution in [0.1, 0.15) is 40.5 Å². The zero-order valence-electron chi connectivity index (χ0n) is 12.7. The van der Waals surface area contributed by atoms with E-state index in [9.17, 15) is 9.90 Å². The van der Waals surface area contributed by atoms with E-state index in [1.165, 1.54) is 18.1 Å². The molecular formula is C17H19N3O3. The summed E-state index contributed by atoms with van der Waals surface area (Å²) in [5, 5.41) is 12.7. The fourth-order valence-electron chi connectivity index (χ4n) is 3.37. The van der Waals surface area contributed by atoms with Crippen molar-refractivity contribution in [1.29, 1.82) is 0 Å². The standard InChI is InChI=1S/C17H19N3O3/c21-13-6-12(7-13)16(20-17(22)14-8-18-9-19-14)11-1-2-15-10(5-11)3-4-23-15/h1-2,5,8-9,12-13,16,21H,3-4,6-7H2,(H,18,19)(H,20,22)/t12?,13?,16-/m0/s1. The number of imidazole rings is 1. The Labute approximate surface area is 133 Å². The molecule has 23 heavy (non-hydrogen) atoms. The smallest absolute Gasteiger partial charge is 0.269 e. The number of carbonyl (C=O) groups excluding carboxylic acids is 1. The number of aromatic amines is 1. The Morgan fingerprint density at radius 2 is 2.30 bits per heavy atom. The molecule has 1 aromatic carbocycles. The molecule has 1 aromatic heterocycles. The summed E-state index contributed by atoms with van der Waals surface area (Å²) in [4.78, 5) is 19.1. The predicted molar refractivity (Wildman–Crippen MR) is 83.2 cm³/mol. The molecular weight excluding hydrogens is 294 g/mol. The van der Waals surface area contributed by atoms with Crippen molar-refractivity contribution in [2.45, 2.75) is 31.4 Å². The molecule has 0 saturated heterocycles.